The summed E-state index contributed by atoms with van der Waals surface area (Å²) >= 11 is 0. The number of nitrogens with zero attached hydrogens (tertiary/aromatic N) is 1. The number of benzene rings is 1. The summed E-state index contributed by atoms with van der Waals surface area (Å²) in [6.07, 6.45) is 1.65. The standard InChI is InChI=1S/C17H24N4O3/c18-15(22)11-21-8-6-13(7-9-21)17(24)20-14(16(19)23)10-12-4-2-1-3-5-12/h1-5,13-14H,6-11H2,(H2,18,22)(H2,19,23)(H,20,24)/t14-/m0/s1. The van der Waals surface area contributed by atoms with Crippen molar-refractivity contribution in [2.45, 2.75) is 25.3 Å². The van der Waals surface area contributed by atoms with Gasteiger partial charge >= 0.3 is 0 Å². The summed E-state index contributed by atoms with van der Waals surface area (Å²) < 4.78 is 0. The number of hydrogen-bond acceptors (Lipinski definition) is 4. The van der Waals surface area contributed by atoms with Crippen LogP contribution in [-0.4, -0.2) is 48.3 Å². The summed E-state index contributed by atoms with van der Waals surface area (Å²) in [4.78, 5) is 36.9. The Morgan fingerprint density at radius 3 is 2.29 bits per heavy atom. The molecule has 130 valence electrons. The van der Waals surface area contributed by atoms with Crippen molar-refractivity contribution in [2.75, 3.05) is 19.6 Å². The molecule has 0 spiro atoms. The van der Waals surface area contributed by atoms with Crippen LogP contribution in [0.1, 0.15) is 18.4 Å². The van der Waals surface area contributed by atoms with E-state index in [0.29, 0.717) is 32.4 Å². The molecular formula is C17H24N4O3. The summed E-state index contributed by atoms with van der Waals surface area (Å²) in [6.45, 7) is 1.49. The molecular weight excluding hydrogens is 308 g/mol. The van der Waals surface area contributed by atoms with Crippen molar-refractivity contribution < 1.29 is 14.4 Å². The van der Waals surface area contributed by atoms with E-state index in [1.165, 1.54) is 0 Å². The Kier molecular flexibility index (Phi) is 6.31. The van der Waals surface area contributed by atoms with Crippen LogP contribution in [-0.2, 0) is 20.8 Å². The highest BCUT2D eigenvalue weighted by Gasteiger charge is 2.28. The highest BCUT2D eigenvalue weighted by atomic mass is 16.2. The number of nitrogens with one attached hydrogen (secondary N) is 1. The summed E-state index contributed by atoms with van der Waals surface area (Å²) in [5.74, 6) is -1.24. The maximum Gasteiger partial charge on any atom is 0.240 e. The highest BCUT2D eigenvalue weighted by Crippen LogP contribution is 2.17. The van der Waals surface area contributed by atoms with Gasteiger partial charge in [-0.15, -0.1) is 0 Å². The zero-order valence-corrected chi connectivity index (χ0v) is 13.6. The molecule has 1 aromatic carbocycles. The lowest BCUT2D eigenvalue weighted by Gasteiger charge is -2.31. The molecule has 24 heavy (non-hydrogen) atoms. The summed E-state index contributed by atoms with van der Waals surface area (Å²) in [6, 6.07) is 8.71. The van der Waals surface area contributed by atoms with Gasteiger partial charge in [-0.3, -0.25) is 19.3 Å². The molecule has 1 aromatic rings. The smallest absolute Gasteiger partial charge is 0.240 e. The van der Waals surface area contributed by atoms with Gasteiger partial charge in [-0.05, 0) is 31.5 Å². The first kappa shape index (κ1) is 17.9. The van der Waals surface area contributed by atoms with E-state index in [9.17, 15) is 14.4 Å². The predicted molar refractivity (Wildman–Crippen MR) is 89.6 cm³/mol. The zero-order valence-electron chi connectivity index (χ0n) is 13.6. The van der Waals surface area contributed by atoms with Crippen LogP contribution in [0.15, 0.2) is 30.3 Å². The fraction of sp³-hybridized carbons (Fsp3) is 0.471. The van der Waals surface area contributed by atoms with E-state index in [1.54, 1.807) is 0 Å². The van der Waals surface area contributed by atoms with Crippen LogP contribution in [0.25, 0.3) is 0 Å². The first-order valence-corrected chi connectivity index (χ1v) is 8.10. The second kappa shape index (κ2) is 8.44. The van der Waals surface area contributed by atoms with Gasteiger partial charge in [0.25, 0.3) is 0 Å². The number of nitrogens with two attached hydrogens (primary N) is 2. The molecule has 7 heteroatoms. The Labute approximate surface area is 141 Å². The minimum absolute atomic E-state index is 0.159. The van der Waals surface area contributed by atoms with Gasteiger partial charge in [-0.2, -0.15) is 0 Å². The van der Waals surface area contributed by atoms with E-state index in [2.05, 4.69) is 5.32 Å². The molecule has 1 saturated heterocycles. The van der Waals surface area contributed by atoms with Gasteiger partial charge < -0.3 is 16.8 Å². The molecule has 0 aromatic heterocycles. The topological polar surface area (TPSA) is 119 Å². The fourth-order valence-corrected chi connectivity index (χ4v) is 2.94. The fourth-order valence-electron chi connectivity index (χ4n) is 2.94. The van der Waals surface area contributed by atoms with Crippen molar-refractivity contribution in [2.24, 2.45) is 17.4 Å². The highest BCUT2D eigenvalue weighted by molar-refractivity contribution is 5.87. The maximum absolute atomic E-state index is 12.4. The van der Waals surface area contributed by atoms with Gasteiger partial charge in [0.1, 0.15) is 6.04 Å². The Balaban J connectivity index is 1.87. The van der Waals surface area contributed by atoms with Crippen molar-refractivity contribution in [1.29, 1.82) is 0 Å². The Morgan fingerprint density at radius 1 is 1.12 bits per heavy atom. The Bertz CT molecular complexity index is 583. The summed E-state index contributed by atoms with van der Waals surface area (Å²) in [7, 11) is 0. The van der Waals surface area contributed by atoms with Crippen LogP contribution in [0.5, 0.6) is 0 Å². The van der Waals surface area contributed by atoms with Crippen molar-refractivity contribution in [3.8, 4) is 0 Å². The molecule has 1 heterocycles. The molecule has 1 atom stereocenters. The largest absolute Gasteiger partial charge is 0.369 e. The van der Waals surface area contributed by atoms with E-state index in [4.69, 9.17) is 11.5 Å². The second-order valence-electron chi connectivity index (χ2n) is 6.17. The van der Waals surface area contributed by atoms with E-state index in [0.717, 1.165) is 5.56 Å². The molecule has 0 bridgehead atoms. The quantitative estimate of drug-likeness (QED) is 0.617. The molecule has 2 rings (SSSR count). The van der Waals surface area contributed by atoms with Crippen LogP contribution in [0.4, 0.5) is 0 Å². The lowest BCUT2D eigenvalue weighted by molar-refractivity contribution is -0.131. The van der Waals surface area contributed by atoms with Gasteiger partial charge in [0.2, 0.25) is 17.7 Å². The molecule has 3 amide bonds. The third kappa shape index (κ3) is 5.34. The third-order valence-electron chi connectivity index (χ3n) is 4.28. The molecule has 0 unspecified atom stereocenters. The maximum atomic E-state index is 12.4. The number of likely N-dealkylation sites (tertiary alicyclic amines) is 1. The second-order valence-corrected chi connectivity index (χ2v) is 6.17. The number of carbonyl (C=O) groups excluding carboxylic acids is 3. The van der Waals surface area contributed by atoms with Crippen LogP contribution < -0.4 is 16.8 Å². The molecule has 5 N–H and O–H groups in total. The Hall–Kier alpha value is -2.41. The van der Waals surface area contributed by atoms with E-state index in [-0.39, 0.29) is 24.3 Å². The minimum atomic E-state index is -0.719. The van der Waals surface area contributed by atoms with Crippen molar-refractivity contribution >= 4 is 17.7 Å². The van der Waals surface area contributed by atoms with Gasteiger partial charge in [0, 0.05) is 12.3 Å². The molecule has 1 aliphatic heterocycles. The number of amides is 3. The predicted octanol–water partition coefficient (Wildman–Crippen LogP) is -0.603. The van der Waals surface area contributed by atoms with E-state index in [1.807, 2.05) is 35.2 Å². The number of piperidine rings is 1. The van der Waals surface area contributed by atoms with Crippen LogP contribution in [0, 0.1) is 5.92 Å². The van der Waals surface area contributed by atoms with Crippen molar-refractivity contribution in [1.82, 2.24) is 10.2 Å². The lowest BCUT2D eigenvalue weighted by Crippen LogP contribution is -2.50. The van der Waals surface area contributed by atoms with E-state index < -0.39 is 11.9 Å². The number of rotatable bonds is 7. The average molecular weight is 332 g/mol. The normalized spacial score (nSPS) is 17.2. The molecule has 0 aliphatic carbocycles. The van der Waals surface area contributed by atoms with Crippen LogP contribution in [0.3, 0.4) is 0 Å². The van der Waals surface area contributed by atoms with Crippen LogP contribution in [0.2, 0.25) is 0 Å². The van der Waals surface area contributed by atoms with Gasteiger partial charge in [0.15, 0.2) is 0 Å². The van der Waals surface area contributed by atoms with Gasteiger partial charge in [-0.25, -0.2) is 0 Å². The van der Waals surface area contributed by atoms with Crippen LogP contribution >= 0.6 is 0 Å². The average Bonchev–Trinajstić information content (AvgIpc) is 2.55. The minimum Gasteiger partial charge on any atom is -0.369 e. The molecule has 7 nitrogen and oxygen atoms in total. The molecule has 1 fully saturated rings. The lowest BCUT2D eigenvalue weighted by atomic mass is 9.95. The van der Waals surface area contributed by atoms with Crippen molar-refractivity contribution in [3.05, 3.63) is 35.9 Å². The summed E-state index contributed by atoms with van der Waals surface area (Å²) in [5, 5.41) is 2.77. The first-order valence-electron chi connectivity index (χ1n) is 8.10. The number of hydrogen-bond donors (Lipinski definition) is 3. The first-order chi connectivity index (χ1) is 11.5. The van der Waals surface area contributed by atoms with Gasteiger partial charge in [0.05, 0.1) is 6.54 Å². The third-order valence-corrected chi connectivity index (χ3v) is 4.28. The van der Waals surface area contributed by atoms with Crippen molar-refractivity contribution in [3.63, 3.8) is 0 Å². The van der Waals surface area contributed by atoms with Gasteiger partial charge in [-0.1, -0.05) is 30.3 Å². The molecule has 0 saturated carbocycles. The molecule has 1 aliphatic rings. The number of primary amides is 2. The monoisotopic (exact) mass is 332 g/mol. The SMILES string of the molecule is NC(=O)CN1CCC(C(=O)N[C@@H](Cc2ccccc2)C(N)=O)CC1. The summed E-state index contributed by atoms with van der Waals surface area (Å²) in [5.41, 5.74) is 11.5. The Morgan fingerprint density at radius 2 is 1.75 bits per heavy atom. The number of carbonyl (C=O) groups is 3. The van der Waals surface area contributed by atoms with E-state index >= 15 is 0 Å². The molecule has 0 radical (unpaired) electrons. The zero-order chi connectivity index (χ0) is 17.5.